The molecule has 1 aliphatic heterocycles. The van der Waals surface area contributed by atoms with Gasteiger partial charge in [0.05, 0.1) is 24.4 Å². The summed E-state index contributed by atoms with van der Waals surface area (Å²) >= 11 is 0. The van der Waals surface area contributed by atoms with Crippen molar-refractivity contribution in [2.24, 2.45) is 0 Å². The van der Waals surface area contributed by atoms with Crippen LogP contribution in [-0.4, -0.2) is 27.9 Å². The Morgan fingerprint density at radius 2 is 2.09 bits per heavy atom. The maximum absolute atomic E-state index is 10.9. The van der Waals surface area contributed by atoms with E-state index in [0.29, 0.717) is 13.3 Å². The summed E-state index contributed by atoms with van der Waals surface area (Å²) in [5.41, 5.74) is 3.58. The van der Waals surface area contributed by atoms with Crippen molar-refractivity contribution in [2.75, 3.05) is 11.6 Å². The van der Waals surface area contributed by atoms with Crippen molar-refractivity contribution in [3.8, 4) is 5.75 Å². The molecule has 0 atom stereocenters. The van der Waals surface area contributed by atoms with Gasteiger partial charge in [0.2, 0.25) is 0 Å². The molecule has 1 aromatic carbocycles. The summed E-state index contributed by atoms with van der Waals surface area (Å²) < 4.78 is 5.78. The summed E-state index contributed by atoms with van der Waals surface area (Å²) in [6.07, 6.45) is 1.66. The molecule has 2 aromatic rings. The number of carboxylic acid groups (broad SMARTS) is 1. The normalized spacial score (nSPS) is 13.5. The third-order valence-corrected chi connectivity index (χ3v) is 3.77. The molecule has 0 bridgehead atoms. The number of aromatic nitrogens is 1. The Bertz CT molecular complexity index is 713. The van der Waals surface area contributed by atoms with Gasteiger partial charge in [-0.15, -0.1) is 0 Å². The molecule has 114 valence electrons. The number of aliphatic hydroxyl groups excluding tert-OH is 1. The van der Waals surface area contributed by atoms with E-state index in [0.717, 1.165) is 28.3 Å². The van der Waals surface area contributed by atoms with Crippen LogP contribution in [0.1, 0.15) is 27.2 Å². The first kappa shape index (κ1) is 14.3. The molecule has 0 saturated heterocycles. The van der Waals surface area contributed by atoms with E-state index in [2.05, 4.69) is 4.98 Å². The van der Waals surface area contributed by atoms with Gasteiger partial charge in [-0.1, -0.05) is 0 Å². The monoisotopic (exact) mass is 300 g/mol. The van der Waals surface area contributed by atoms with Crippen LogP contribution < -0.4 is 9.64 Å². The highest BCUT2D eigenvalue weighted by atomic mass is 16.5. The predicted octanol–water partition coefficient (Wildman–Crippen LogP) is 1.94. The molecule has 0 spiro atoms. The minimum absolute atomic E-state index is 0.0925. The summed E-state index contributed by atoms with van der Waals surface area (Å²) in [6, 6.07) is 6.64. The molecular formula is C16H16N2O4. The Morgan fingerprint density at radius 3 is 2.73 bits per heavy atom. The highest BCUT2D eigenvalue weighted by Gasteiger charge is 2.22. The Labute approximate surface area is 127 Å². The van der Waals surface area contributed by atoms with E-state index in [-0.39, 0.29) is 12.2 Å². The molecule has 1 aliphatic rings. The van der Waals surface area contributed by atoms with E-state index in [9.17, 15) is 9.90 Å². The molecule has 1 aromatic heterocycles. The second-order valence-corrected chi connectivity index (χ2v) is 5.16. The molecule has 2 N–H and O–H groups in total. The maximum Gasteiger partial charge on any atom is 0.335 e. The molecule has 0 amide bonds. The van der Waals surface area contributed by atoms with Gasteiger partial charge in [-0.05, 0) is 31.2 Å². The number of ether oxygens (including phenoxy) is 1. The number of anilines is 1. The van der Waals surface area contributed by atoms with Gasteiger partial charge in [-0.25, -0.2) is 4.79 Å². The summed E-state index contributed by atoms with van der Waals surface area (Å²) in [4.78, 5) is 17.1. The van der Waals surface area contributed by atoms with Crippen molar-refractivity contribution in [2.45, 2.75) is 20.1 Å². The second-order valence-electron chi connectivity index (χ2n) is 5.16. The molecule has 0 fully saturated rings. The van der Waals surface area contributed by atoms with Crippen LogP contribution in [0.25, 0.3) is 0 Å². The zero-order valence-electron chi connectivity index (χ0n) is 12.1. The molecule has 0 saturated carbocycles. The van der Waals surface area contributed by atoms with Crippen molar-refractivity contribution in [3.05, 3.63) is 52.8 Å². The molecule has 6 nitrogen and oxygen atoms in total. The largest absolute Gasteiger partial charge is 0.478 e. The van der Waals surface area contributed by atoms with E-state index < -0.39 is 5.97 Å². The number of aliphatic hydroxyl groups is 1. The highest BCUT2D eigenvalue weighted by Crippen LogP contribution is 2.32. The lowest BCUT2D eigenvalue weighted by Gasteiger charge is -2.32. The van der Waals surface area contributed by atoms with Gasteiger partial charge >= 0.3 is 5.97 Å². The molecular weight excluding hydrogens is 284 g/mol. The second kappa shape index (κ2) is 5.65. The highest BCUT2D eigenvalue weighted by molar-refractivity contribution is 5.88. The van der Waals surface area contributed by atoms with Gasteiger partial charge in [0.15, 0.2) is 6.73 Å². The lowest BCUT2D eigenvalue weighted by molar-refractivity contribution is 0.0697. The van der Waals surface area contributed by atoms with Crippen molar-refractivity contribution < 1.29 is 19.7 Å². The van der Waals surface area contributed by atoms with Crippen LogP contribution in [-0.2, 0) is 13.2 Å². The third-order valence-electron chi connectivity index (χ3n) is 3.77. The SMILES string of the molecule is Cc1ncc(CO)c2c1OCN(c1ccc(C(=O)O)cc1)C2. The molecule has 0 radical (unpaired) electrons. The fourth-order valence-electron chi connectivity index (χ4n) is 2.54. The number of carbonyl (C=O) groups is 1. The number of aromatic carboxylic acids is 1. The number of fused-ring (bicyclic) bond motifs is 1. The van der Waals surface area contributed by atoms with E-state index >= 15 is 0 Å². The molecule has 6 heteroatoms. The van der Waals surface area contributed by atoms with Gasteiger partial charge in [0.25, 0.3) is 0 Å². The van der Waals surface area contributed by atoms with Gasteiger partial charge in [0, 0.05) is 23.0 Å². The summed E-state index contributed by atoms with van der Waals surface area (Å²) in [6.45, 7) is 2.72. The van der Waals surface area contributed by atoms with E-state index in [1.165, 1.54) is 0 Å². The van der Waals surface area contributed by atoms with Gasteiger partial charge in [-0.3, -0.25) is 4.98 Å². The minimum Gasteiger partial charge on any atom is -0.478 e. The van der Waals surface area contributed by atoms with E-state index in [1.54, 1.807) is 30.5 Å². The van der Waals surface area contributed by atoms with Crippen molar-refractivity contribution in [1.29, 1.82) is 0 Å². The van der Waals surface area contributed by atoms with Crippen LogP contribution in [0.5, 0.6) is 5.75 Å². The number of hydrogen-bond donors (Lipinski definition) is 2. The van der Waals surface area contributed by atoms with Crippen LogP contribution in [0.4, 0.5) is 5.69 Å². The van der Waals surface area contributed by atoms with Crippen LogP contribution in [0.2, 0.25) is 0 Å². The average molecular weight is 300 g/mol. The first-order valence-electron chi connectivity index (χ1n) is 6.89. The van der Waals surface area contributed by atoms with Gasteiger partial charge < -0.3 is 19.8 Å². The van der Waals surface area contributed by atoms with Crippen molar-refractivity contribution >= 4 is 11.7 Å². The number of benzene rings is 1. The lowest BCUT2D eigenvalue weighted by Crippen LogP contribution is -2.33. The average Bonchev–Trinajstić information content (AvgIpc) is 2.55. The van der Waals surface area contributed by atoms with Crippen LogP contribution in [0.3, 0.4) is 0 Å². The van der Waals surface area contributed by atoms with Gasteiger partial charge in [0.1, 0.15) is 5.75 Å². The summed E-state index contributed by atoms with van der Waals surface area (Å²) in [7, 11) is 0. The van der Waals surface area contributed by atoms with E-state index in [1.807, 2.05) is 11.8 Å². The summed E-state index contributed by atoms with van der Waals surface area (Å²) in [5, 5.41) is 18.4. The number of aryl methyl sites for hydroxylation is 1. The number of pyridine rings is 1. The third kappa shape index (κ3) is 2.48. The van der Waals surface area contributed by atoms with Crippen LogP contribution in [0.15, 0.2) is 30.5 Å². The lowest BCUT2D eigenvalue weighted by atomic mass is 10.1. The van der Waals surface area contributed by atoms with Gasteiger partial charge in [-0.2, -0.15) is 0 Å². The topological polar surface area (TPSA) is 82.9 Å². The number of rotatable bonds is 3. The zero-order valence-corrected chi connectivity index (χ0v) is 12.1. The molecule has 2 heterocycles. The standard InChI is InChI=1S/C16H16N2O4/c1-10-15-14(12(8-19)6-17-10)7-18(9-22-15)13-4-2-11(3-5-13)16(20)21/h2-6,19H,7-9H2,1H3,(H,20,21). The number of carboxylic acids is 1. The predicted molar refractivity (Wildman–Crippen MR) is 80.0 cm³/mol. The fraction of sp³-hybridized carbons (Fsp3) is 0.250. The maximum atomic E-state index is 10.9. The van der Waals surface area contributed by atoms with Crippen molar-refractivity contribution in [1.82, 2.24) is 4.98 Å². The number of hydrogen-bond acceptors (Lipinski definition) is 5. The Kier molecular flexibility index (Phi) is 3.68. The minimum atomic E-state index is -0.948. The van der Waals surface area contributed by atoms with Crippen molar-refractivity contribution in [3.63, 3.8) is 0 Å². The smallest absolute Gasteiger partial charge is 0.335 e. The Morgan fingerprint density at radius 1 is 1.36 bits per heavy atom. The molecule has 0 aliphatic carbocycles. The quantitative estimate of drug-likeness (QED) is 0.901. The molecule has 3 rings (SSSR count). The Balaban J connectivity index is 1.90. The number of nitrogens with zero attached hydrogens (tertiary/aromatic N) is 2. The summed E-state index contributed by atoms with van der Waals surface area (Å²) in [5.74, 6) is -0.221. The molecule has 0 unspecified atom stereocenters. The first-order valence-corrected chi connectivity index (χ1v) is 6.89. The van der Waals surface area contributed by atoms with Crippen LogP contribution >= 0.6 is 0 Å². The molecule has 22 heavy (non-hydrogen) atoms. The Hall–Kier alpha value is -2.60. The van der Waals surface area contributed by atoms with Crippen LogP contribution in [0, 0.1) is 6.92 Å². The first-order chi connectivity index (χ1) is 10.6. The van der Waals surface area contributed by atoms with E-state index in [4.69, 9.17) is 9.84 Å². The zero-order chi connectivity index (χ0) is 15.7. The fourth-order valence-corrected chi connectivity index (χ4v) is 2.54.